The van der Waals surface area contributed by atoms with Gasteiger partial charge in [0, 0.05) is 5.56 Å². The molecule has 1 heterocycles. The number of hydrazone groups is 1. The summed E-state index contributed by atoms with van der Waals surface area (Å²) in [5.41, 5.74) is 4.35. The molecule has 4 N–H and O–H groups in total. The molecule has 0 fully saturated rings. The van der Waals surface area contributed by atoms with E-state index >= 15 is 0 Å². The summed E-state index contributed by atoms with van der Waals surface area (Å²) in [5.74, 6) is -0.571. The Hall–Kier alpha value is -3.20. The summed E-state index contributed by atoms with van der Waals surface area (Å²) in [5, 5.41) is 25.3. The second-order valence-electron chi connectivity index (χ2n) is 4.48. The van der Waals surface area contributed by atoms with Crippen LogP contribution < -0.4 is 10.7 Å². The predicted octanol–water partition coefficient (Wildman–Crippen LogP) is 2.26. The summed E-state index contributed by atoms with van der Waals surface area (Å²) in [6, 6.07) is 9.12. The first-order valence-corrected chi connectivity index (χ1v) is 7.20. The van der Waals surface area contributed by atoms with Gasteiger partial charge in [0.25, 0.3) is 0 Å². The number of rotatable bonds is 3. The van der Waals surface area contributed by atoms with Gasteiger partial charge in [-0.2, -0.15) is 13.8 Å². The number of aromatic hydroxyl groups is 2. The van der Waals surface area contributed by atoms with E-state index in [1.165, 1.54) is 12.3 Å². The Labute approximate surface area is 134 Å². The molecule has 0 bridgehead atoms. The molecule has 1 aromatic heterocycles. The molecule has 2 amide bonds. The van der Waals surface area contributed by atoms with E-state index in [2.05, 4.69) is 24.6 Å². The lowest BCUT2D eigenvalue weighted by Gasteiger charge is -2.04. The van der Waals surface area contributed by atoms with Crippen LogP contribution in [0.25, 0.3) is 11.0 Å². The summed E-state index contributed by atoms with van der Waals surface area (Å²) in [6.45, 7) is 0. The highest BCUT2D eigenvalue weighted by atomic mass is 32.1. The number of hydrogen-bond donors (Lipinski definition) is 4. The number of phenolic OH excluding ortho intramolecular Hbond substituents is 2. The molecule has 0 aliphatic rings. The lowest BCUT2D eigenvalue weighted by Crippen LogP contribution is -2.24. The minimum atomic E-state index is -0.568. The number of fused-ring (bicyclic) bond motifs is 1. The van der Waals surface area contributed by atoms with Gasteiger partial charge in [-0.05, 0) is 24.3 Å². The Balaban J connectivity index is 1.67. The smallest absolute Gasteiger partial charge is 0.339 e. The summed E-state index contributed by atoms with van der Waals surface area (Å²) in [4.78, 5) is 11.8. The van der Waals surface area contributed by atoms with Gasteiger partial charge < -0.3 is 15.5 Å². The van der Waals surface area contributed by atoms with Gasteiger partial charge >= 0.3 is 6.03 Å². The van der Waals surface area contributed by atoms with Gasteiger partial charge in [0.1, 0.15) is 11.0 Å². The second-order valence-corrected chi connectivity index (χ2v) is 5.01. The van der Waals surface area contributed by atoms with Crippen molar-refractivity contribution in [2.45, 2.75) is 0 Å². The van der Waals surface area contributed by atoms with E-state index in [9.17, 15) is 15.0 Å². The van der Waals surface area contributed by atoms with Crippen molar-refractivity contribution >= 4 is 40.7 Å². The number of benzene rings is 2. The molecule has 23 heavy (non-hydrogen) atoms. The number of aromatic nitrogens is 2. The first-order chi connectivity index (χ1) is 11.1. The average Bonchev–Trinajstić information content (AvgIpc) is 3.01. The van der Waals surface area contributed by atoms with Gasteiger partial charge in [-0.25, -0.2) is 10.2 Å². The molecule has 0 saturated heterocycles. The van der Waals surface area contributed by atoms with Crippen LogP contribution in [0.2, 0.25) is 0 Å². The van der Waals surface area contributed by atoms with Crippen LogP contribution in [0.15, 0.2) is 41.5 Å². The van der Waals surface area contributed by atoms with E-state index in [1.54, 1.807) is 30.3 Å². The molecule has 9 heteroatoms. The van der Waals surface area contributed by atoms with Crippen LogP contribution in [0.1, 0.15) is 5.56 Å². The average molecular weight is 329 g/mol. The number of anilines is 1. The molecule has 3 rings (SSSR count). The zero-order valence-corrected chi connectivity index (χ0v) is 12.4. The molecule has 0 atom stereocenters. The van der Waals surface area contributed by atoms with Crippen molar-refractivity contribution < 1.29 is 15.0 Å². The summed E-state index contributed by atoms with van der Waals surface area (Å²) in [7, 11) is 0. The zero-order chi connectivity index (χ0) is 16.2. The molecular weight excluding hydrogens is 318 g/mol. The first-order valence-electron chi connectivity index (χ1n) is 6.47. The Morgan fingerprint density at radius 3 is 2.87 bits per heavy atom. The normalized spacial score (nSPS) is 11.0. The number of carbonyl (C=O) groups excluding carboxylic acids is 1. The van der Waals surface area contributed by atoms with Crippen molar-refractivity contribution in [1.82, 2.24) is 14.2 Å². The fourth-order valence-electron chi connectivity index (χ4n) is 1.87. The Bertz CT molecular complexity index is 893. The van der Waals surface area contributed by atoms with Crippen LogP contribution in [0.3, 0.4) is 0 Å². The number of para-hydroxylation sites is 1. The number of amides is 2. The molecule has 0 saturated carbocycles. The lowest BCUT2D eigenvalue weighted by molar-refractivity contribution is 0.252. The van der Waals surface area contributed by atoms with Crippen LogP contribution in [-0.2, 0) is 0 Å². The third kappa shape index (κ3) is 3.19. The summed E-state index contributed by atoms with van der Waals surface area (Å²) in [6.07, 6.45) is 1.22. The number of phenols is 2. The third-order valence-corrected chi connectivity index (χ3v) is 3.49. The molecule has 0 unspecified atom stereocenters. The van der Waals surface area contributed by atoms with Crippen LogP contribution in [0.4, 0.5) is 10.5 Å². The molecule has 0 radical (unpaired) electrons. The van der Waals surface area contributed by atoms with Crippen molar-refractivity contribution in [3.63, 3.8) is 0 Å². The maximum absolute atomic E-state index is 11.8. The molecule has 116 valence electrons. The van der Waals surface area contributed by atoms with Gasteiger partial charge in [0.15, 0.2) is 11.5 Å². The zero-order valence-electron chi connectivity index (χ0n) is 11.6. The Morgan fingerprint density at radius 2 is 2.00 bits per heavy atom. The van der Waals surface area contributed by atoms with Crippen molar-refractivity contribution in [3.8, 4) is 11.5 Å². The molecule has 0 aliphatic carbocycles. The van der Waals surface area contributed by atoms with Gasteiger partial charge in [0.2, 0.25) is 0 Å². The molecule has 3 aromatic rings. The minimum absolute atomic E-state index is 0.263. The highest BCUT2D eigenvalue weighted by Gasteiger charge is 2.08. The standard InChI is InChI=1S/C14H11N5O3S/c20-11-6-1-3-8(13(11)21)7-15-17-14(22)16-9-4-2-5-10-12(9)19-23-18-10/h1-7,20-21H,(H2,16,17,22)/b15-7+. The molecule has 8 nitrogen and oxygen atoms in total. The maximum atomic E-state index is 11.8. The van der Waals surface area contributed by atoms with E-state index in [4.69, 9.17) is 0 Å². The molecule has 0 spiro atoms. The van der Waals surface area contributed by atoms with E-state index in [-0.39, 0.29) is 17.1 Å². The van der Waals surface area contributed by atoms with Crippen LogP contribution >= 0.6 is 11.7 Å². The molecule has 0 aliphatic heterocycles. The maximum Gasteiger partial charge on any atom is 0.339 e. The number of nitrogens with zero attached hydrogens (tertiary/aromatic N) is 3. The van der Waals surface area contributed by atoms with E-state index in [1.807, 2.05) is 0 Å². The van der Waals surface area contributed by atoms with Gasteiger partial charge in [0.05, 0.1) is 23.6 Å². The van der Waals surface area contributed by atoms with Crippen molar-refractivity contribution in [2.24, 2.45) is 5.10 Å². The lowest BCUT2D eigenvalue weighted by atomic mass is 10.2. The van der Waals surface area contributed by atoms with E-state index in [0.29, 0.717) is 16.7 Å². The largest absolute Gasteiger partial charge is 0.504 e. The van der Waals surface area contributed by atoms with E-state index < -0.39 is 6.03 Å². The number of urea groups is 1. The third-order valence-electron chi connectivity index (χ3n) is 2.95. The number of carbonyl (C=O) groups is 1. The first kappa shape index (κ1) is 14.7. The fraction of sp³-hybridized carbons (Fsp3) is 0. The SMILES string of the molecule is O=C(N/N=C/c1cccc(O)c1O)Nc1cccc2nsnc12. The number of nitrogens with one attached hydrogen (secondary N) is 2. The number of hydrogen-bond acceptors (Lipinski definition) is 7. The monoisotopic (exact) mass is 329 g/mol. The van der Waals surface area contributed by atoms with Crippen molar-refractivity contribution in [2.75, 3.05) is 5.32 Å². The second kappa shape index (κ2) is 6.28. The van der Waals surface area contributed by atoms with Crippen molar-refractivity contribution in [3.05, 3.63) is 42.0 Å². The quantitative estimate of drug-likeness (QED) is 0.334. The topological polar surface area (TPSA) is 120 Å². The molecular formula is C14H11N5O3S. The minimum Gasteiger partial charge on any atom is -0.504 e. The van der Waals surface area contributed by atoms with Crippen LogP contribution in [-0.4, -0.2) is 31.2 Å². The van der Waals surface area contributed by atoms with Crippen molar-refractivity contribution in [1.29, 1.82) is 0 Å². The van der Waals surface area contributed by atoms with Gasteiger partial charge in [-0.1, -0.05) is 12.1 Å². The summed E-state index contributed by atoms with van der Waals surface area (Å²) < 4.78 is 8.19. The van der Waals surface area contributed by atoms with Gasteiger partial charge in [-0.3, -0.25) is 0 Å². The Kier molecular flexibility index (Phi) is 4.02. The predicted molar refractivity (Wildman–Crippen MR) is 86.9 cm³/mol. The van der Waals surface area contributed by atoms with Crippen LogP contribution in [0, 0.1) is 0 Å². The van der Waals surface area contributed by atoms with Gasteiger partial charge in [-0.15, -0.1) is 0 Å². The fourth-order valence-corrected chi connectivity index (χ4v) is 2.42. The van der Waals surface area contributed by atoms with E-state index in [0.717, 1.165) is 11.7 Å². The molecule has 2 aromatic carbocycles. The highest BCUT2D eigenvalue weighted by molar-refractivity contribution is 7.00. The Morgan fingerprint density at radius 1 is 1.17 bits per heavy atom. The summed E-state index contributed by atoms with van der Waals surface area (Å²) >= 11 is 1.06. The van der Waals surface area contributed by atoms with Crippen LogP contribution in [0.5, 0.6) is 11.5 Å². The highest BCUT2D eigenvalue weighted by Crippen LogP contribution is 2.26.